The van der Waals surface area contributed by atoms with Gasteiger partial charge in [-0.1, -0.05) is 6.07 Å². The van der Waals surface area contributed by atoms with Crippen LogP contribution in [0.2, 0.25) is 0 Å². The van der Waals surface area contributed by atoms with Crippen LogP contribution in [0.5, 0.6) is 0 Å². The lowest BCUT2D eigenvalue weighted by atomic mass is 10.2. The number of nitrogen functional groups attached to an aromatic ring is 1. The van der Waals surface area contributed by atoms with Crippen LogP contribution in [-0.2, 0) is 6.18 Å². The number of hydrogen-bond acceptors (Lipinski definition) is 3. The zero-order valence-corrected chi connectivity index (χ0v) is 8.32. The van der Waals surface area contributed by atoms with Gasteiger partial charge in [-0.2, -0.15) is 17.9 Å². The summed E-state index contributed by atoms with van der Waals surface area (Å²) in [6, 6.07) is 4.25. The van der Waals surface area contributed by atoms with Crippen molar-refractivity contribution in [2.45, 2.75) is 6.18 Å². The summed E-state index contributed by atoms with van der Waals surface area (Å²) in [4.78, 5) is 13.4. The number of aromatic amines is 1. The number of benzene rings is 1. The van der Waals surface area contributed by atoms with Crippen LogP contribution >= 0.6 is 0 Å². The van der Waals surface area contributed by atoms with Crippen molar-refractivity contribution in [3.8, 4) is 5.69 Å². The van der Waals surface area contributed by atoms with Gasteiger partial charge in [0.05, 0.1) is 11.3 Å². The Hall–Kier alpha value is -2.25. The van der Waals surface area contributed by atoms with Crippen molar-refractivity contribution in [1.82, 2.24) is 14.8 Å². The largest absolute Gasteiger partial charge is 0.416 e. The molecule has 0 saturated heterocycles. The third kappa shape index (κ3) is 2.14. The van der Waals surface area contributed by atoms with Crippen molar-refractivity contribution >= 4 is 5.95 Å². The Morgan fingerprint density at radius 3 is 2.59 bits per heavy atom. The van der Waals surface area contributed by atoms with Crippen molar-refractivity contribution in [2.24, 2.45) is 0 Å². The lowest BCUT2D eigenvalue weighted by Crippen LogP contribution is -2.16. The first-order valence-corrected chi connectivity index (χ1v) is 4.50. The second kappa shape index (κ2) is 3.65. The summed E-state index contributed by atoms with van der Waals surface area (Å²) in [6.07, 6.45) is -4.47. The molecule has 0 aliphatic rings. The summed E-state index contributed by atoms with van der Waals surface area (Å²) in [7, 11) is 0. The number of hydrogen-bond donors (Lipinski definition) is 2. The van der Waals surface area contributed by atoms with Gasteiger partial charge in [0, 0.05) is 0 Å². The Balaban J connectivity index is 2.54. The molecule has 0 saturated carbocycles. The number of nitrogens with two attached hydrogens (primary N) is 1. The Morgan fingerprint density at radius 1 is 1.35 bits per heavy atom. The fourth-order valence-corrected chi connectivity index (χ4v) is 1.33. The topological polar surface area (TPSA) is 76.7 Å². The Kier molecular flexibility index (Phi) is 2.41. The number of halogens is 3. The van der Waals surface area contributed by atoms with Gasteiger partial charge in [0.15, 0.2) is 0 Å². The summed E-state index contributed by atoms with van der Waals surface area (Å²) >= 11 is 0. The third-order valence-electron chi connectivity index (χ3n) is 2.05. The molecule has 0 bridgehead atoms. The van der Waals surface area contributed by atoms with Gasteiger partial charge in [0.25, 0.3) is 0 Å². The average Bonchev–Trinajstić information content (AvgIpc) is 2.57. The summed E-state index contributed by atoms with van der Waals surface area (Å²) < 4.78 is 38.1. The van der Waals surface area contributed by atoms with Crippen LogP contribution in [0.3, 0.4) is 0 Å². The van der Waals surface area contributed by atoms with Crippen LogP contribution in [0.15, 0.2) is 29.1 Å². The van der Waals surface area contributed by atoms with E-state index in [1.165, 1.54) is 12.1 Å². The van der Waals surface area contributed by atoms with Crippen LogP contribution < -0.4 is 11.4 Å². The molecule has 1 aromatic carbocycles. The zero-order valence-electron chi connectivity index (χ0n) is 8.32. The number of nitrogens with zero attached hydrogens (tertiary/aromatic N) is 2. The maximum absolute atomic E-state index is 12.4. The molecule has 1 aromatic heterocycles. The molecule has 0 aliphatic heterocycles. The number of rotatable bonds is 1. The molecule has 0 unspecified atom stereocenters. The first kappa shape index (κ1) is 11.2. The van der Waals surface area contributed by atoms with E-state index in [2.05, 4.69) is 10.1 Å². The summed E-state index contributed by atoms with van der Waals surface area (Å²) in [6.45, 7) is 0. The maximum Gasteiger partial charge on any atom is 0.416 e. The second-order valence-corrected chi connectivity index (χ2v) is 3.28. The predicted molar refractivity (Wildman–Crippen MR) is 53.6 cm³/mol. The van der Waals surface area contributed by atoms with E-state index in [-0.39, 0.29) is 11.6 Å². The van der Waals surface area contributed by atoms with E-state index >= 15 is 0 Å². The molecule has 5 nitrogen and oxygen atoms in total. The highest BCUT2D eigenvalue weighted by Gasteiger charge is 2.30. The third-order valence-corrected chi connectivity index (χ3v) is 2.05. The highest BCUT2D eigenvalue weighted by atomic mass is 19.4. The Labute approximate surface area is 92.7 Å². The van der Waals surface area contributed by atoms with Gasteiger partial charge in [-0.3, -0.25) is 4.98 Å². The molecule has 3 N–H and O–H groups in total. The van der Waals surface area contributed by atoms with E-state index in [0.717, 1.165) is 16.8 Å². The Bertz CT molecular complexity index is 599. The fourth-order valence-electron chi connectivity index (χ4n) is 1.33. The predicted octanol–water partition coefficient (Wildman–Crippen LogP) is 1.16. The first-order chi connectivity index (χ1) is 7.88. The minimum absolute atomic E-state index is 0.00206. The SMILES string of the molecule is Nc1nn(-c2cccc(C(F)(F)F)c2)c(=O)[nH]1. The molecule has 0 amide bonds. The molecule has 17 heavy (non-hydrogen) atoms. The molecular formula is C9H7F3N4O. The molecule has 0 aliphatic carbocycles. The first-order valence-electron chi connectivity index (χ1n) is 4.50. The quantitative estimate of drug-likeness (QED) is 0.790. The summed E-state index contributed by atoms with van der Waals surface area (Å²) in [5, 5.41) is 3.56. The average molecular weight is 244 g/mol. The summed E-state index contributed by atoms with van der Waals surface area (Å²) in [5.41, 5.74) is 3.68. The van der Waals surface area contributed by atoms with E-state index in [9.17, 15) is 18.0 Å². The van der Waals surface area contributed by atoms with Gasteiger partial charge in [0.2, 0.25) is 5.95 Å². The number of H-pyrrole nitrogens is 1. The number of nitrogens with one attached hydrogen (secondary N) is 1. The summed E-state index contributed by atoms with van der Waals surface area (Å²) in [5.74, 6) is -0.160. The smallest absolute Gasteiger partial charge is 0.368 e. The van der Waals surface area contributed by atoms with Crippen LogP contribution in [0.1, 0.15) is 5.56 Å². The lowest BCUT2D eigenvalue weighted by molar-refractivity contribution is -0.137. The van der Waals surface area contributed by atoms with Gasteiger partial charge in [0.1, 0.15) is 0 Å². The van der Waals surface area contributed by atoms with E-state index in [0.29, 0.717) is 0 Å². The van der Waals surface area contributed by atoms with Crippen molar-refractivity contribution in [3.05, 3.63) is 40.3 Å². The van der Waals surface area contributed by atoms with E-state index in [1.807, 2.05) is 0 Å². The van der Waals surface area contributed by atoms with Crippen LogP contribution in [-0.4, -0.2) is 14.8 Å². The number of alkyl halides is 3. The molecule has 1 heterocycles. The molecule has 0 fully saturated rings. The van der Waals surface area contributed by atoms with Crippen molar-refractivity contribution in [3.63, 3.8) is 0 Å². The number of aromatic nitrogens is 3. The highest BCUT2D eigenvalue weighted by Crippen LogP contribution is 2.29. The fraction of sp³-hybridized carbons (Fsp3) is 0.111. The van der Waals surface area contributed by atoms with Crippen LogP contribution in [0.25, 0.3) is 5.69 Å². The van der Waals surface area contributed by atoms with Gasteiger partial charge in [-0.25, -0.2) is 4.79 Å². The van der Waals surface area contributed by atoms with E-state index in [4.69, 9.17) is 5.73 Å². The standard InChI is InChI=1S/C9H7F3N4O/c10-9(11,12)5-2-1-3-6(4-5)16-8(17)14-7(13)15-16/h1-4H,(H3,13,14,15,17). The second-order valence-electron chi connectivity index (χ2n) is 3.28. The molecule has 90 valence electrons. The molecule has 0 atom stereocenters. The van der Waals surface area contributed by atoms with Crippen LogP contribution in [0, 0.1) is 0 Å². The van der Waals surface area contributed by atoms with E-state index < -0.39 is 17.4 Å². The van der Waals surface area contributed by atoms with Gasteiger partial charge >= 0.3 is 11.9 Å². The number of anilines is 1. The maximum atomic E-state index is 12.4. The lowest BCUT2D eigenvalue weighted by Gasteiger charge is -2.07. The van der Waals surface area contributed by atoms with Crippen molar-refractivity contribution in [1.29, 1.82) is 0 Å². The van der Waals surface area contributed by atoms with E-state index in [1.54, 1.807) is 0 Å². The Morgan fingerprint density at radius 2 is 2.06 bits per heavy atom. The van der Waals surface area contributed by atoms with Crippen molar-refractivity contribution in [2.75, 3.05) is 5.73 Å². The molecule has 0 radical (unpaired) electrons. The molecule has 2 aromatic rings. The molecule has 0 spiro atoms. The molecular weight excluding hydrogens is 237 g/mol. The molecule has 2 rings (SSSR count). The minimum Gasteiger partial charge on any atom is -0.368 e. The van der Waals surface area contributed by atoms with Crippen molar-refractivity contribution < 1.29 is 13.2 Å². The normalized spacial score (nSPS) is 11.7. The minimum atomic E-state index is -4.47. The van der Waals surface area contributed by atoms with Gasteiger partial charge in [-0.15, -0.1) is 5.10 Å². The zero-order chi connectivity index (χ0) is 12.6. The monoisotopic (exact) mass is 244 g/mol. The van der Waals surface area contributed by atoms with Gasteiger partial charge in [-0.05, 0) is 18.2 Å². The van der Waals surface area contributed by atoms with Gasteiger partial charge < -0.3 is 5.73 Å². The molecule has 8 heteroatoms. The highest BCUT2D eigenvalue weighted by molar-refractivity contribution is 5.36. The van der Waals surface area contributed by atoms with Crippen LogP contribution in [0.4, 0.5) is 19.1 Å².